The van der Waals surface area contributed by atoms with Gasteiger partial charge >= 0.3 is 6.36 Å². The number of rotatable bonds is 5. The highest BCUT2D eigenvalue weighted by molar-refractivity contribution is 5.91. The monoisotopic (exact) mass is 435 g/mol. The van der Waals surface area contributed by atoms with Crippen molar-refractivity contribution in [3.63, 3.8) is 0 Å². The number of aryl methyl sites for hydroxylation is 1. The molecule has 0 spiro atoms. The van der Waals surface area contributed by atoms with Crippen molar-refractivity contribution >= 4 is 5.91 Å². The molecule has 166 valence electrons. The molecule has 3 aromatic rings. The van der Waals surface area contributed by atoms with E-state index in [-0.39, 0.29) is 17.0 Å². The number of carbonyl (C=O) groups is 1. The number of benzene rings is 2. The summed E-state index contributed by atoms with van der Waals surface area (Å²) in [5.41, 5.74) is 2.24. The summed E-state index contributed by atoms with van der Waals surface area (Å²) in [7, 11) is 2.83. The zero-order valence-electron chi connectivity index (χ0n) is 17.9. The van der Waals surface area contributed by atoms with Crippen LogP contribution in [0.3, 0.4) is 0 Å². The largest absolute Gasteiger partial charge is 0.573 e. The number of carbonyl (C=O) groups excluding carboxylic acids is 1. The van der Waals surface area contributed by atoms with Crippen LogP contribution in [0.1, 0.15) is 30.0 Å². The maximum absolute atomic E-state index is 12.7. The average molecular weight is 435 g/mol. The van der Waals surface area contributed by atoms with E-state index in [1.165, 1.54) is 31.0 Å². The molecule has 1 heterocycles. The van der Waals surface area contributed by atoms with Crippen molar-refractivity contribution in [3.8, 4) is 22.6 Å². The topological polar surface area (TPSA) is 56.6 Å². The predicted octanol–water partition coefficient (Wildman–Crippen LogP) is 5.41. The third kappa shape index (κ3) is 5.85. The summed E-state index contributed by atoms with van der Waals surface area (Å²) in [6.07, 6.45) is -4.80. The summed E-state index contributed by atoms with van der Waals surface area (Å²) in [6.45, 7) is 5.77. The lowest BCUT2D eigenvalue weighted by Gasteiger charge is -2.14. The highest BCUT2D eigenvalue weighted by atomic mass is 19.4. The number of halogens is 3. The summed E-state index contributed by atoms with van der Waals surface area (Å²) in [4.78, 5) is 17.1. The molecule has 9 heteroatoms. The quantitative estimate of drug-likeness (QED) is 0.503. The molecule has 3 rings (SSSR count). The van der Waals surface area contributed by atoms with Crippen LogP contribution in [0, 0.1) is 6.92 Å². The number of para-hydroxylation sites is 1. The second kappa shape index (κ2) is 10.1. The van der Waals surface area contributed by atoms with Gasteiger partial charge in [0.05, 0.1) is 12.8 Å². The second-order valence-electron chi connectivity index (χ2n) is 6.16. The predicted molar refractivity (Wildman–Crippen MR) is 111 cm³/mol. The number of alkyl halides is 3. The van der Waals surface area contributed by atoms with Gasteiger partial charge in [-0.25, -0.2) is 9.75 Å². The molecule has 0 radical (unpaired) electrons. The van der Waals surface area contributed by atoms with Gasteiger partial charge in [0.25, 0.3) is 5.91 Å². The van der Waals surface area contributed by atoms with E-state index < -0.39 is 12.3 Å². The molecule has 0 aliphatic rings. The Kier molecular flexibility index (Phi) is 7.82. The highest BCUT2D eigenvalue weighted by Gasteiger charge is 2.32. The molecule has 0 saturated carbocycles. The number of amides is 1. The Morgan fingerprint density at radius 1 is 1.06 bits per heavy atom. The van der Waals surface area contributed by atoms with Gasteiger partial charge in [0, 0.05) is 18.3 Å². The lowest BCUT2D eigenvalue weighted by atomic mass is 10.0. The summed E-state index contributed by atoms with van der Waals surface area (Å²) in [6, 6.07) is 14.3. The minimum Gasteiger partial charge on any atom is -0.405 e. The lowest BCUT2D eigenvalue weighted by molar-refractivity contribution is -0.274. The van der Waals surface area contributed by atoms with E-state index >= 15 is 0 Å². The highest BCUT2D eigenvalue weighted by Crippen LogP contribution is 2.34. The molecule has 0 aliphatic carbocycles. The van der Waals surface area contributed by atoms with E-state index in [9.17, 15) is 18.0 Å². The number of nitrogens with zero attached hydrogens (tertiary/aromatic N) is 3. The molecule has 0 aliphatic heterocycles. The Morgan fingerprint density at radius 2 is 1.74 bits per heavy atom. The van der Waals surface area contributed by atoms with Crippen molar-refractivity contribution in [1.29, 1.82) is 0 Å². The Morgan fingerprint density at radius 3 is 2.39 bits per heavy atom. The van der Waals surface area contributed by atoms with E-state index in [1.807, 2.05) is 13.8 Å². The van der Waals surface area contributed by atoms with E-state index in [0.29, 0.717) is 16.9 Å². The van der Waals surface area contributed by atoms with Crippen LogP contribution >= 0.6 is 0 Å². The van der Waals surface area contributed by atoms with Crippen molar-refractivity contribution in [2.24, 2.45) is 0 Å². The Balaban J connectivity index is 0.00000166. The SMILES string of the molecule is CC.CON(C)C(=O)c1cc(C)n(-c2cccc(-c3ccccc3OC(F)(F)F)c2)n1. The van der Waals surface area contributed by atoms with Gasteiger partial charge in [0.1, 0.15) is 5.75 Å². The van der Waals surface area contributed by atoms with Crippen molar-refractivity contribution in [3.05, 3.63) is 66.0 Å². The first-order valence-corrected chi connectivity index (χ1v) is 9.54. The molecule has 0 bridgehead atoms. The van der Waals surface area contributed by atoms with Crippen molar-refractivity contribution in [2.45, 2.75) is 27.1 Å². The van der Waals surface area contributed by atoms with Gasteiger partial charge in [-0.1, -0.05) is 44.2 Å². The molecular formula is C22H24F3N3O3. The van der Waals surface area contributed by atoms with Gasteiger partial charge in [-0.3, -0.25) is 9.63 Å². The zero-order valence-corrected chi connectivity index (χ0v) is 17.9. The molecule has 0 unspecified atom stereocenters. The summed E-state index contributed by atoms with van der Waals surface area (Å²) in [5.74, 6) is -0.721. The van der Waals surface area contributed by atoms with Crippen molar-refractivity contribution < 1.29 is 27.5 Å². The zero-order chi connectivity index (χ0) is 23.2. The fraction of sp³-hybridized carbons (Fsp3) is 0.273. The van der Waals surface area contributed by atoms with E-state index in [0.717, 1.165) is 5.06 Å². The third-order valence-electron chi connectivity index (χ3n) is 4.18. The fourth-order valence-electron chi connectivity index (χ4n) is 2.81. The maximum Gasteiger partial charge on any atom is 0.573 e. The Labute approximate surface area is 178 Å². The van der Waals surface area contributed by atoms with E-state index in [1.54, 1.807) is 49.4 Å². The number of hydroxylamine groups is 2. The van der Waals surface area contributed by atoms with Gasteiger partial charge in [-0.2, -0.15) is 5.10 Å². The van der Waals surface area contributed by atoms with Crippen molar-refractivity contribution in [1.82, 2.24) is 14.8 Å². The second-order valence-corrected chi connectivity index (χ2v) is 6.16. The molecule has 6 nitrogen and oxygen atoms in total. The van der Waals surface area contributed by atoms with Crippen molar-refractivity contribution in [2.75, 3.05) is 14.2 Å². The van der Waals surface area contributed by atoms with E-state index in [2.05, 4.69) is 9.84 Å². The average Bonchev–Trinajstić information content (AvgIpc) is 3.15. The van der Waals surface area contributed by atoms with Crippen LogP contribution < -0.4 is 4.74 Å². The first-order chi connectivity index (χ1) is 14.7. The molecule has 1 aromatic heterocycles. The molecule has 1 amide bonds. The third-order valence-corrected chi connectivity index (χ3v) is 4.18. The molecule has 0 atom stereocenters. The molecular weight excluding hydrogens is 411 g/mol. The number of aromatic nitrogens is 2. The molecule has 0 fully saturated rings. The minimum absolute atomic E-state index is 0.179. The van der Waals surface area contributed by atoms with Crippen LogP contribution in [-0.4, -0.2) is 41.3 Å². The molecule has 0 N–H and O–H groups in total. The first-order valence-electron chi connectivity index (χ1n) is 9.54. The Hall–Kier alpha value is -3.33. The summed E-state index contributed by atoms with van der Waals surface area (Å²) in [5, 5.41) is 5.35. The Bertz CT molecular complexity index is 1030. The number of ether oxygens (including phenoxy) is 1. The van der Waals surface area contributed by atoms with Crippen LogP contribution in [0.5, 0.6) is 5.75 Å². The minimum atomic E-state index is -4.80. The number of hydrogen-bond acceptors (Lipinski definition) is 4. The normalized spacial score (nSPS) is 10.8. The van der Waals surface area contributed by atoms with Gasteiger partial charge in [0.2, 0.25) is 0 Å². The first kappa shape index (κ1) is 23.9. The standard InChI is InChI=1S/C20H18F3N3O3.C2H6/c1-13-11-17(19(27)25(2)28-3)24-26(13)15-8-6-7-14(12-15)16-9-4-5-10-18(16)29-20(21,22)23;1-2/h4-12H,1-3H3;1-2H3. The summed E-state index contributed by atoms with van der Waals surface area (Å²) < 4.78 is 43.9. The molecule has 2 aromatic carbocycles. The van der Waals surface area contributed by atoms with Gasteiger partial charge in [-0.15, -0.1) is 13.2 Å². The van der Waals surface area contributed by atoms with E-state index in [4.69, 9.17) is 4.84 Å². The van der Waals surface area contributed by atoms with Crippen LogP contribution in [0.2, 0.25) is 0 Å². The maximum atomic E-state index is 12.7. The molecule has 31 heavy (non-hydrogen) atoms. The fourth-order valence-corrected chi connectivity index (χ4v) is 2.81. The van der Waals surface area contributed by atoms with Gasteiger partial charge in [0.15, 0.2) is 5.69 Å². The van der Waals surface area contributed by atoms with Gasteiger partial charge in [-0.05, 0) is 36.8 Å². The molecule has 0 saturated heterocycles. The summed E-state index contributed by atoms with van der Waals surface area (Å²) >= 11 is 0. The van der Waals surface area contributed by atoms with Gasteiger partial charge < -0.3 is 4.74 Å². The lowest BCUT2D eigenvalue weighted by Crippen LogP contribution is -2.25. The number of hydrogen-bond donors (Lipinski definition) is 0. The van der Waals surface area contributed by atoms with Crippen LogP contribution in [0.4, 0.5) is 13.2 Å². The van der Waals surface area contributed by atoms with Crippen LogP contribution in [-0.2, 0) is 4.84 Å². The van der Waals surface area contributed by atoms with Crippen LogP contribution in [0.25, 0.3) is 16.8 Å². The van der Waals surface area contributed by atoms with Crippen LogP contribution in [0.15, 0.2) is 54.6 Å². The smallest absolute Gasteiger partial charge is 0.405 e.